The predicted molar refractivity (Wildman–Crippen MR) is 57.1 cm³/mol. The average molecular weight is 220 g/mol. The molecule has 0 spiro atoms. The first kappa shape index (κ1) is 11.0. The van der Waals surface area contributed by atoms with Gasteiger partial charge in [0.15, 0.2) is 0 Å². The Hall–Kier alpha value is -0.0900. The highest BCUT2D eigenvalue weighted by Gasteiger charge is 2.21. The molecule has 0 bridgehead atoms. The molecule has 0 unspecified atom stereocenters. The van der Waals surface area contributed by atoms with Crippen LogP contribution in [0.25, 0.3) is 0 Å². The first-order valence-electron chi connectivity index (χ1n) is 4.21. The van der Waals surface area contributed by atoms with Gasteiger partial charge in [0, 0.05) is 10.9 Å². The molecule has 0 fully saturated rings. The second kappa shape index (κ2) is 4.42. The Balaban J connectivity index is 2.73. The van der Waals surface area contributed by atoms with E-state index in [-0.39, 0.29) is 12.0 Å². The van der Waals surface area contributed by atoms with E-state index < -0.39 is 6.10 Å². The maximum Gasteiger partial charge on any atom is 0.103 e. The Kier molecular flexibility index (Phi) is 3.74. The minimum Gasteiger partial charge on any atom is -0.386 e. The van der Waals surface area contributed by atoms with E-state index in [0.29, 0.717) is 4.34 Å². The van der Waals surface area contributed by atoms with Crippen molar-refractivity contribution in [2.45, 2.75) is 26.0 Å². The van der Waals surface area contributed by atoms with Crippen LogP contribution in [-0.2, 0) is 0 Å². The molecule has 1 rings (SSSR count). The van der Waals surface area contributed by atoms with Crippen molar-refractivity contribution in [1.29, 1.82) is 0 Å². The Morgan fingerprint density at radius 3 is 2.46 bits per heavy atom. The molecule has 0 aliphatic heterocycles. The molecule has 4 heteroatoms. The number of aliphatic hydroxyl groups excluding tert-OH is 1. The van der Waals surface area contributed by atoms with E-state index in [1.54, 1.807) is 6.07 Å². The first-order valence-corrected chi connectivity index (χ1v) is 5.40. The first-order chi connectivity index (χ1) is 6.02. The molecular formula is C9H14ClNOS. The molecule has 1 aromatic heterocycles. The summed E-state index contributed by atoms with van der Waals surface area (Å²) in [6.45, 7) is 3.98. The van der Waals surface area contributed by atoms with Crippen LogP contribution >= 0.6 is 22.9 Å². The molecule has 0 amide bonds. The molecule has 0 aliphatic carbocycles. The molecule has 1 heterocycles. The monoisotopic (exact) mass is 219 g/mol. The molecule has 0 saturated heterocycles. The third kappa shape index (κ3) is 2.68. The van der Waals surface area contributed by atoms with Crippen LogP contribution in [0.1, 0.15) is 24.8 Å². The summed E-state index contributed by atoms with van der Waals surface area (Å²) in [4.78, 5) is 0.839. The largest absolute Gasteiger partial charge is 0.386 e. The second-order valence-corrected chi connectivity index (χ2v) is 5.15. The average Bonchev–Trinajstić information content (AvgIpc) is 2.49. The summed E-state index contributed by atoms with van der Waals surface area (Å²) >= 11 is 7.13. The quantitative estimate of drug-likeness (QED) is 0.820. The van der Waals surface area contributed by atoms with E-state index in [2.05, 4.69) is 0 Å². The van der Waals surface area contributed by atoms with Gasteiger partial charge >= 0.3 is 0 Å². The summed E-state index contributed by atoms with van der Waals surface area (Å²) in [7, 11) is 0. The Labute approximate surface area is 87.3 Å². The van der Waals surface area contributed by atoms with Crippen molar-refractivity contribution in [3.63, 3.8) is 0 Å². The lowest BCUT2D eigenvalue weighted by atomic mass is 9.99. The van der Waals surface area contributed by atoms with Crippen molar-refractivity contribution in [3.8, 4) is 0 Å². The lowest BCUT2D eigenvalue weighted by Crippen LogP contribution is -2.33. The Bertz CT molecular complexity index is 274. The summed E-state index contributed by atoms with van der Waals surface area (Å²) in [6.07, 6.45) is -0.600. The SMILES string of the molecule is CC(C)[C@@H](N)[C@@H](O)c1ccc(Cl)s1. The van der Waals surface area contributed by atoms with Gasteiger partial charge in [0.25, 0.3) is 0 Å². The van der Waals surface area contributed by atoms with Crippen LogP contribution in [-0.4, -0.2) is 11.1 Å². The van der Waals surface area contributed by atoms with Crippen LogP contribution in [0.2, 0.25) is 4.34 Å². The van der Waals surface area contributed by atoms with Gasteiger partial charge in [-0.1, -0.05) is 25.4 Å². The third-order valence-corrected chi connectivity index (χ3v) is 3.32. The van der Waals surface area contributed by atoms with Crippen LogP contribution in [0.15, 0.2) is 12.1 Å². The topological polar surface area (TPSA) is 46.2 Å². The molecule has 0 aliphatic rings. The van der Waals surface area contributed by atoms with Crippen LogP contribution in [0.4, 0.5) is 0 Å². The summed E-state index contributed by atoms with van der Waals surface area (Å²) in [5.74, 6) is 0.260. The summed E-state index contributed by atoms with van der Waals surface area (Å²) in [5.41, 5.74) is 5.81. The van der Waals surface area contributed by atoms with Gasteiger partial charge in [-0.3, -0.25) is 0 Å². The fourth-order valence-corrected chi connectivity index (χ4v) is 2.15. The van der Waals surface area contributed by atoms with Crippen LogP contribution < -0.4 is 5.73 Å². The third-order valence-electron chi connectivity index (χ3n) is 2.02. The second-order valence-electron chi connectivity index (χ2n) is 3.41. The minimum atomic E-state index is -0.600. The van der Waals surface area contributed by atoms with Crippen molar-refractivity contribution in [3.05, 3.63) is 21.3 Å². The van der Waals surface area contributed by atoms with E-state index in [9.17, 15) is 5.11 Å². The van der Waals surface area contributed by atoms with Gasteiger partial charge in [-0.25, -0.2) is 0 Å². The van der Waals surface area contributed by atoms with Crippen molar-refractivity contribution in [2.75, 3.05) is 0 Å². The lowest BCUT2D eigenvalue weighted by Gasteiger charge is -2.20. The highest BCUT2D eigenvalue weighted by Crippen LogP contribution is 2.29. The number of aliphatic hydroxyl groups is 1. The van der Waals surface area contributed by atoms with E-state index in [0.717, 1.165) is 4.88 Å². The molecular weight excluding hydrogens is 206 g/mol. The van der Waals surface area contributed by atoms with Gasteiger partial charge in [0.2, 0.25) is 0 Å². The molecule has 0 saturated carbocycles. The van der Waals surface area contributed by atoms with Crippen molar-refractivity contribution in [1.82, 2.24) is 0 Å². The van der Waals surface area contributed by atoms with Gasteiger partial charge in [0.1, 0.15) is 6.10 Å². The smallest absolute Gasteiger partial charge is 0.103 e. The molecule has 13 heavy (non-hydrogen) atoms. The van der Waals surface area contributed by atoms with Crippen molar-refractivity contribution < 1.29 is 5.11 Å². The normalized spacial score (nSPS) is 16.2. The molecule has 3 N–H and O–H groups in total. The van der Waals surface area contributed by atoms with E-state index in [1.165, 1.54) is 11.3 Å². The van der Waals surface area contributed by atoms with E-state index in [4.69, 9.17) is 17.3 Å². The van der Waals surface area contributed by atoms with E-state index in [1.807, 2.05) is 19.9 Å². The Morgan fingerprint density at radius 2 is 2.08 bits per heavy atom. The standard InChI is InChI=1S/C9H14ClNOS/c1-5(2)8(11)9(12)6-3-4-7(10)13-6/h3-5,8-9,12H,11H2,1-2H3/t8-,9+/m1/s1. The highest BCUT2D eigenvalue weighted by molar-refractivity contribution is 7.16. The fraction of sp³-hybridized carbons (Fsp3) is 0.556. The van der Waals surface area contributed by atoms with Crippen LogP contribution in [0, 0.1) is 5.92 Å². The zero-order chi connectivity index (χ0) is 10.0. The molecule has 2 nitrogen and oxygen atoms in total. The number of nitrogens with two attached hydrogens (primary N) is 1. The highest BCUT2D eigenvalue weighted by atomic mass is 35.5. The maximum absolute atomic E-state index is 9.80. The van der Waals surface area contributed by atoms with Gasteiger partial charge in [-0.05, 0) is 18.1 Å². The number of hydrogen-bond acceptors (Lipinski definition) is 3. The van der Waals surface area contributed by atoms with Gasteiger partial charge in [-0.15, -0.1) is 11.3 Å². The number of hydrogen-bond donors (Lipinski definition) is 2. The number of thiophene rings is 1. The molecule has 1 aromatic rings. The van der Waals surface area contributed by atoms with Gasteiger partial charge in [-0.2, -0.15) is 0 Å². The molecule has 2 atom stereocenters. The maximum atomic E-state index is 9.80. The summed E-state index contributed by atoms with van der Waals surface area (Å²) in [6, 6.07) is 3.37. The van der Waals surface area contributed by atoms with E-state index >= 15 is 0 Å². The fourth-order valence-electron chi connectivity index (χ4n) is 1.04. The minimum absolute atomic E-state index is 0.227. The van der Waals surface area contributed by atoms with Crippen LogP contribution in [0.5, 0.6) is 0 Å². The van der Waals surface area contributed by atoms with Crippen molar-refractivity contribution >= 4 is 22.9 Å². The van der Waals surface area contributed by atoms with Crippen LogP contribution in [0.3, 0.4) is 0 Å². The summed E-state index contributed by atoms with van der Waals surface area (Å²) in [5, 5.41) is 9.80. The zero-order valence-corrected chi connectivity index (χ0v) is 9.27. The van der Waals surface area contributed by atoms with Gasteiger partial charge in [0.05, 0.1) is 4.34 Å². The predicted octanol–water partition coefficient (Wildman–Crippen LogP) is 2.42. The zero-order valence-electron chi connectivity index (χ0n) is 7.70. The number of rotatable bonds is 3. The summed E-state index contributed by atoms with van der Waals surface area (Å²) < 4.78 is 0.685. The molecule has 74 valence electrons. The molecule has 0 radical (unpaired) electrons. The van der Waals surface area contributed by atoms with Crippen molar-refractivity contribution in [2.24, 2.45) is 11.7 Å². The van der Waals surface area contributed by atoms with Gasteiger partial charge < -0.3 is 10.8 Å². The molecule has 0 aromatic carbocycles. The Morgan fingerprint density at radius 1 is 1.46 bits per heavy atom. The lowest BCUT2D eigenvalue weighted by molar-refractivity contribution is 0.129. The number of halogens is 1.